The van der Waals surface area contributed by atoms with E-state index < -0.39 is 0 Å². The van der Waals surface area contributed by atoms with Crippen molar-refractivity contribution in [1.29, 1.82) is 0 Å². The van der Waals surface area contributed by atoms with Gasteiger partial charge in [-0.1, -0.05) is 54.0 Å². The summed E-state index contributed by atoms with van der Waals surface area (Å²) in [7, 11) is 0. The number of carbonyl (C=O) groups is 1. The fourth-order valence-corrected chi connectivity index (χ4v) is 3.46. The first-order valence-corrected chi connectivity index (χ1v) is 9.07. The van der Waals surface area contributed by atoms with Crippen LogP contribution in [0.2, 0.25) is 10.0 Å². The van der Waals surface area contributed by atoms with Crippen molar-refractivity contribution in [2.45, 2.75) is 23.8 Å². The Bertz CT molecular complexity index is 848. The first-order chi connectivity index (χ1) is 11.6. The highest BCUT2D eigenvalue weighted by atomic mass is 35.5. The zero-order chi connectivity index (χ0) is 17.1. The molecule has 3 aromatic rings. The maximum Gasteiger partial charge on any atom is 0.237 e. The summed E-state index contributed by atoms with van der Waals surface area (Å²) >= 11 is 13.3. The number of hydrogen-bond acceptors (Lipinski definition) is 3. The van der Waals surface area contributed by atoms with E-state index in [-0.39, 0.29) is 11.2 Å². The number of nitrogens with one attached hydrogen (secondary N) is 2. The van der Waals surface area contributed by atoms with Crippen LogP contribution in [0.1, 0.15) is 13.3 Å². The van der Waals surface area contributed by atoms with Crippen LogP contribution in [0.3, 0.4) is 0 Å². The molecule has 24 heavy (non-hydrogen) atoms. The van der Waals surface area contributed by atoms with Gasteiger partial charge in [0.05, 0.1) is 26.3 Å². The number of aromatic amines is 1. The van der Waals surface area contributed by atoms with Crippen molar-refractivity contribution in [2.24, 2.45) is 0 Å². The molecule has 2 aromatic carbocycles. The van der Waals surface area contributed by atoms with Crippen molar-refractivity contribution in [3.05, 3.63) is 52.5 Å². The number of carbonyl (C=O) groups excluding carboxylic acids is 1. The highest BCUT2D eigenvalue weighted by Gasteiger charge is 2.20. The van der Waals surface area contributed by atoms with Gasteiger partial charge in [-0.3, -0.25) is 4.79 Å². The minimum absolute atomic E-state index is 0.0960. The molecular weight excluding hydrogens is 365 g/mol. The lowest BCUT2D eigenvalue weighted by molar-refractivity contribution is -0.115. The number of aromatic nitrogens is 2. The number of para-hydroxylation sites is 2. The smallest absolute Gasteiger partial charge is 0.237 e. The fourth-order valence-electron chi connectivity index (χ4n) is 2.24. The van der Waals surface area contributed by atoms with E-state index in [0.29, 0.717) is 22.2 Å². The Morgan fingerprint density at radius 3 is 2.75 bits per heavy atom. The number of thioether (sulfide) groups is 1. The van der Waals surface area contributed by atoms with Crippen molar-refractivity contribution >= 4 is 57.6 Å². The third-order valence-electron chi connectivity index (χ3n) is 3.47. The van der Waals surface area contributed by atoms with Crippen molar-refractivity contribution in [2.75, 3.05) is 5.32 Å². The molecule has 7 heteroatoms. The minimum atomic E-state index is -0.264. The van der Waals surface area contributed by atoms with Gasteiger partial charge in [-0.05, 0) is 36.8 Å². The van der Waals surface area contributed by atoms with E-state index in [1.807, 2.05) is 31.2 Å². The first kappa shape index (κ1) is 17.1. The largest absolute Gasteiger partial charge is 0.333 e. The summed E-state index contributed by atoms with van der Waals surface area (Å²) in [5, 5.41) is 4.20. The van der Waals surface area contributed by atoms with Crippen LogP contribution in [0.5, 0.6) is 0 Å². The maximum atomic E-state index is 12.5. The molecule has 1 unspecified atom stereocenters. The van der Waals surface area contributed by atoms with E-state index in [1.165, 1.54) is 11.8 Å². The fraction of sp³-hybridized carbons (Fsp3) is 0.176. The molecule has 0 spiro atoms. The second-order valence-electron chi connectivity index (χ2n) is 5.19. The van der Waals surface area contributed by atoms with Crippen molar-refractivity contribution < 1.29 is 4.79 Å². The predicted molar refractivity (Wildman–Crippen MR) is 101 cm³/mol. The minimum Gasteiger partial charge on any atom is -0.333 e. The zero-order valence-electron chi connectivity index (χ0n) is 12.8. The monoisotopic (exact) mass is 379 g/mol. The van der Waals surface area contributed by atoms with E-state index in [9.17, 15) is 4.79 Å². The van der Waals surface area contributed by atoms with Gasteiger partial charge in [0.25, 0.3) is 0 Å². The van der Waals surface area contributed by atoms with Gasteiger partial charge in [-0.15, -0.1) is 0 Å². The second kappa shape index (κ2) is 7.47. The molecule has 0 saturated heterocycles. The standard InChI is InChI=1S/C17H15Cl2N3OS/c1-2-15(16(23)20-10-7-8-11(18)12(19)9-10)24-17-21-13-5-3-4-6-14(13)22-17/h3-9,15H,2H2,1H3,(H,20,23)(H,21,22). The highest BCUT2D eigenvalue weighted by Crippen LogP contribution is 2.28. The van der Waals surface area contributed by atoms with Gasteiger partial charge in [-0.25, -0.2) is 4.98 Å². The zero-order valence-corrected chi connectivity index (χ0v) is 15.2. The van der Waals surface area contributed by atoms with Gasteiger partial charge in [-0.2, -0.15) is 0 Å². The molecular formula is C17H15Cl2N3OS. The lowest BCUT2D eigenvalue weighted by Gasteiger charge is -2.13. The van der Waals surface area contributed by atoms with Gasteiger partial charge in [0.15, 0.2) is 5.16 Å². The lowest BCUT2D eigenvalue weighted by Crippen LogP contribution is -2.24. The molecule has 0 aliphatic rings. The Labute approximate surface area is 153 Å². The quantitative estimate of drug-likeness (QED) is 0.585. The molecule has 1 atom stereocenters. The Morgan fingerprint density at radius 2 is 2.04 bits per heavy atom. The third kappa shape index (κ3) is 3.86. The van der Waals surface area contributed by atoms with Crippen LogP contribution in [0.25, 0.3) is 11.0 Å². The van der Waals surface area contributed by atoms with Crippen LogP contribution >= 0.6 is 35.0 Å². The molecule has 0 aliphatic heterocycles. The summed E-state index contributed by atoms with van der Waals surface area (Å²) in [6, 6.07) is 12.8. The molecule has 1 heterocycles. The second-order valence-corrected chi connectivity index (χ2v) is 7.20. The number of amides is 1. The predicted octanol–water partition coefficient (Wildman–Crippen LogP) is 5.38. The molecule has 4 nitrogen and oxygen atoms in total. The topological polar surface area (TPSA) is 57.8 Å². The SMILES string of the molecule is CCC(Sc1nc2ccccc2[nH]1)C(=O)Nc1ccc(Cl)c(Cl)c1. The molecule has 124 valence electrons. The highest BCUT2D eigenvalue weighted by molar-refractivity contribution is 8.00. The molecule has 0 aliphatic carbocycles. The number of imidazole rings is 1. The van der Waals surface area contributed by atoms with Crippen LogP contribution in [0, 0.1) is 0 Å². The van der Waals surface area contributed by atoms with Gasteiger partial charge in [0.1, 0.15) is 0 Å². The molecule has 2 N–H and O–H groups in total. The summed E-state index contributed by atoms with van der Waals surface area (Å²) in [6.07, 6.45) is 0.675. The first-order valence-electron chi connectivity index (χ1n) is 7.44. The van der Waals surface area contributed by atoms with Gasteiger partial charge in [0.2, 0.25) is 5.91 Å². The Balaban J connectivity index is 1.72. The average Bonchev–Trinajstić information content (AvgIpc) is 2.98. The number of benzene rings is 2. The molecule has 0 fully saturated rings. The Hall–Kier alpha value is -1.69. The van der Waals surface area contributed by atoms with Gasteiger partial charge >= 0.3 is 0 Å². The van der Waals surface area contributed by atoms with Gasteiger partial charge < -0.3 is 10.3 Å². The van der Waals surface area contributed by atoms with Crippen LogP contribution in [-0.2, 0) is 4.79 Å². The van der Waals surface area contributed by atoms with Crippen molar-refractivity contribution in [3.63, 3.8) is 0 Å². The van der Waals surface area contributed by atoms with Crippen molar-refractivity contribution in [1.82, 2.24) is 9.97 Å². The molecule has 0 radical (unpaired) electrons. The van der Waals surface area contributed by atoms with E-state index in [1.54, 1.807) is 18.2 Å². The van der Waals surface area contributed by atoms with Crippen molar-refractivity contribution in [3.8, 4) is 0 Å². The average molecular weight is 380 g/mol. The molecule has 3 rings (SSSR count). The van der Waals surface area contributed by atoms with Crippen LogP contribution < -0.4 is 5.32 Å². The summed E-state index contributed by atoms with van der Waals surface area (Å²) in [5.74, 6) is -0.0960. The van der Waals surface area contributed by atoms with E-state index in [2.05, 4.69) is 15.3 Å². The maximum absolute atomic E-state index is 12.5. The number of hydrogen-bond donors (Lipinski definition) is 2. The molecule has 0 bridgehead atoms. The lowest BCUT2D eigenvalue weighted by atomic mass is 10.2. The molecule has 1 amide bonds. The number of fused-ring (bicyclic) bond motifs is 1. The number of nitrogens with zero attached hydrogens (tertiary/aromatic N) is 1. The number of rotatable bonds is 5. The van der Waals surface area contributed by atoms with Crippen LogP contribution in [-0.4, -0.2) is 21.1 Å². The molecule has 0 saturated carbocycles. The van der Waals surface area contributed by atoms with Crippen LogP contribution in [0.4, 0.5) is 5.69 Å². The molecule has 1 aromatic heterocycles. The van der Waals surface area contributed by atoms with E-state index in [4.69, 9.17) is 23.2 Å². The summed E-state index contributed by atoms with van der Waals surface area (Å²) in [4.78, 5) is 20.2. The summed E-state index contributed by atoms with van der Waals surface area (Å²) in [6.45, 7) is 1.97. The third-order valence-corrected chi connectivity index (χ3v) is 5.46. The normalized spacial score (nSPS) is 12.3. The van der Waals surface area contributed by atoms with Crippen LogP contribution in [0.15, 0.2) is 47.6 Å². The summed E-state index contributed by atoms with van der Waals surface area (Å²) in [5.41, 5.74) is 2.47. The Morgan fingerprint density at radius 1 is 1.25 bits per heavy atom. The Kier molecular flexibility index (Phi) is 5.33. The van der Waals surface area contributed by atoms with E-state index in [0.717, 1.165) is 16.2 Å². The van der Waals surface area contributed by atoms with Gasteiger partial charge in [0, 0.05) is 5.69 Å². The number of halogens is 2. The number of anilines is 1. The number of H-pyrrole nitrogens is 1. The van der Waals surface area contributed by atoms with E-state index >= 15 is 0 Å². The summed E-state index contributed by atoms with van der Waals surface area (Å²) < 4.78 is 0.